The van der Waals surface area contributed by atoms with Crippen molar-refractivity contribution in [2.75, 3.05) is 45.9 Å². The van der Waals surface area contributed by atoms with Crippen LogP contribution in [-0.2, 0) is 4.79 Å². The molecule has 1 unspecified atom stereocenters. The number of fused-ring (bicyclic) bond motifs is 1. The Morgan fingerprint density at radius 3 is 2.19 bits per heavy atom. The first-order chi connectivity index (χ1) is 17.2. The molecule has 0 spiro atoms. The molecular formula is C30H36N2O4. The second-order valence-corrected chi connectivity index (χ2v) is 9.26. The van der Waals surface area contributed by atoms with Gasteiger partial charge in [-0.15, -0.1) is 0 Å². The van der Waals surface area contributed by atoms with E-state index in [-0.39, 0.29) is 25.8 Å². The maximum absolute atomic E-state index is 11.0. The van der Waals surface area contributed by atoms with Crippen LogP contribution in [-0.4, -0.2) is 66.8 Å². The molecule has 0 radical (unpaired) electrons. The summed E-state index contributed by atoms with van der Waals surface area (Å²) in [5, 5.41) is 9.07. The molecule has 0 aromatic heterocycles. The second kappa shape index (κ2) is 12.1. The summed E-state index contributed by atoms with van der Waals surface area (Å²) < 4.78 is 11.7. The third-order valence-electron chi connectivity index (χ3n) is 6.96. The van der Waals surface area contributed by atoms with E-state index in [0.717, 1.165) is 49.8 Å². The normalized spacial score (nSPS) is 17.8. The molecule has 1 atom stereocenters. The molecule has 1 fully saturated rings. The summed E-state index contributed by atoms with van der Waals surface area (Å²) in [5.74, 6) is 0.635. The number of piperazine rings is 1. The molecule has 0 saturated carbocycles. The minimum Gasteiger partial charge on any atom is -0.492 e. The molecule has 36 heavy (non-hydrogen) atoms. The topological polar surface area (TPSA) is 62.2 Å². The predicted molar refractivity (Wildman–Crippen MR) is 142 cm³/mol. The Morgan fingerprint density at radius 1 is 0.944 bits per heavy atom. The molecule has 6 nitrogen and oxygen atoms in total. The van der Waals surface area contributed by atoms with Gasteiger partial charge < -0.3 is 14.6 Å². The van der Waals surface area contributed by atoms with Gasteiger partial charge in [0.15, 0.2) is 0 Å². The zero-order valence-electron chi connectivity index (χ0n) is 19.9. The van der Waals surface area contributed by atoms with Crippen molar-refractivity contribution < 1.29 is 19.4 Å². The van der Waals surface area contributed by atoms with Gasteiger partial charge in [0.05, 0.1) is 19.1 Å². The zero-order valence-corrected chi connectivity index (χ0v) is 19.9. The number of rotatable bonds is 9. The lowest BCUT2D eigenvalue weighted by atomic mass is 9.96. The number of carboxylic acid groups (broad SMARTS) is 1. The van der Waals surface area contributed by atoms with E-state index < -0.39 is 5.97 Å². The summed E-state index contributed by atoms with van der Waals surface area (Å²) in [6.45, 7) is 5.92. The van der Waals surface area contributed by atoms with Gasteiger partial charge in [-0.25, -0.2) is 0 Å². The van der Waals surface area contributed by atoms with Gasteiger partial charge in [0.1, 0.15) is 18.1 Å². The molecule has 3 aromatic rings. The lowest BCUT2D eigenvalue weighted by molar-refractivity contribution is -0.137. The molecule has 0 amide bonds. The SMILES string of the molecule is C.O=C(O)CC1COc2cc(OCCN3CCN(C(c4ccccc4)c4ccccc4)CC3)ccc21. The van der Waals surface area contributed by atoms with Crippen molar-refractivity contribution in [2.24, 2.45) is 0 Å². The Hall–Kier alpha value is -3.35. The highest BCUT2D eigenvalue weighted by Gasteiger charge is 2.28. The molecule has 190 valence electrons. The van der Waals surface area contributed by atoms with Crippen molar-refractivity contribution >= 4 is 5.97 Å². The van der Waals surface area contributed by atoms with Crippen molar-refractivity contribution in [2.45, 2.75) is 25.8 Å². The highest BCUT2D eigenvalue weighted by atomic mass is 16.5. The maximum atomic E-state index is 11.0. The molecule has 2 aliphatic heterocycles. The standard InChI is InChI=1S/C29H32N2O4.CH4/c32-28(33)19-24-21-35-27-20-25(11-12-26(24)27)34-18-17-30-13-15-31(16-14-30)29(22-7-3-1-4-8-22)23-9-5-2-6-10-23;/h1-12,20,24,29H,13-19,21H2,(H,32,33);1H4. The number of nitrogens with zero attached hydrogens (tertiary/aromatic N) is 2. The monoisotopic (exact) mass is 488 g/mol. The van der Waals surface area contributed by atoms with Crippen LogP contribution in [0.4, 0.5) is 0 Å². The van der Waals surface area contributed by atoms with Crippen LogP contribution in [0.5, 0.6) is 11.5 Å². The average molecular weight is 489 g/mol. The Balaban J connectivity index is 0.00000304. The van der Waals surface area contributed by atoms with Crippen LogP contribution in [0.25, 0.3) is 0 Å². The molecular weight excluding hydrogens is 452 g/mol. The molecule has 2 aliphatic rings. The molecule has 6 heteroatoms. The fraction of sp³-hybridized carbons (Fsp3) is 0.367. The number of hydrogen-bond acceptors (Lipinski definition) is 5. The molecule has 1 saturated heterocycles. The molecule has 3 aromatic carbocycles. The Morgan fingerprint density at radius 2 is 1.58 bits per heavy atom. The smallest absolute Gasteiger partial charge is 0.304 e. The first-order valence-corrected chi connectivity index (χ1v) is 12.3. The lowest BCUT2D eigenvalue weighted by Crippen LogP contribution is -2.48. The van der Waals surface area contributed by atoms with E-state index in [1.54, 1.807) is 0 Å². The molecule has 2 heterocycles. The van der Waals surface area contributed by atoms with Gasteiger partial charge in [-0.1, -0.05) is 74.2 Å². The van der Waals surface area contributed by atoms with Gasteiger partial charge in [-0.2, -0.15) is 0 Å². The summed E-state index contributed by atoms with van der Waals surface area (Å²) in [6.07, 6.45) is 0.0918. The van der Waals surface area contributed by atoms with Crippen LogP contribution >= 0.6 is 0 Å². The van der Waals surface area contributed by atoms with Crippen molar-refractivity contribution in [3.05, 3.63) is 95.6 Å². The largest absolute Gasteiger partial charge is 0.492 e. The van der Waals surface area contributed by atoms with Crippen molar-refractivity contribution in [3.63, 3.8) is 0 Å². The van der Waals surface area contributed by atoms with Gasteiger partial charge in [0.2, 0.25) is 0 Å². The number of ether oxygens (including phenoxy) is 2. The summed E-state index contributed by atoms with van der Waals surface area (Å²) in [4.78, 5) is 16.1. The second-order valence-electron chi connectivity index (χ2n) is 9.26. The molecule has 1 N–H and O–H groups in total. The Labute approximate surface area is 214 Å². The number of carboxylic acids is 1. The fourth-order valence-electron chi connectivity index (χ4n) is 5.15. The summed E-state index contributed by atoms with van der Waals surface area (Å²) >= 11 is 0. The quantitative estimate of drug-likeness (QED) is 0.454. The molecule has 0 aliphatic carbocycles. The van der Waals surface area contributed by atoms with E-state index in [0.29, 0.717) is 13.2 Å². The highest BCUT2D eigenvalue weighted by Crippen LogP contribution is 2.38. The minimum atomic E-state index is -0.800. The van der Waals surface area contributed by atoms with Crippen LogP contribution in [0.2, 0.25) is 0 Å². The van der Waals surface area contributed by atoms with Crippen LogP contribution in [0.3, 0.4) is 0 Å². The number of hydrogen-bond donors (Lipinski definition) is 1. The van der Waals surface area contributed by atoms with Gasteiger partial charge in [0.25, 0.3) is 0 Å². The van der Waals surface area contributed by atoms with Crippen molar-refractivity contribution in [1.29, 1.82) is 0 Å². The first kappa shape index (κ1) is 25.7. The van der Waals surface area contributed by atoms with Crippen LogP contribution in [0.15, 0.2) is 78.9 Å². The predicted octanol–water partition coefficient (Wildman–Crippen LogP) is 5.06. The van der Waals surface area contributed by atoms with E-state index in [9.17, 15) is 4.79 Å². The highest BCUT2D eigenvalue weighted by molar-refractivity contribution is 5.68. The summed E-state index contributed by atoms with van der Waals surface area (Å²) in [6, 6.07) is 27.5. The third-order valence-corrected chi connectivity index (χ3v) is 6.96. The number of aliphatic carboxylic acids is 1. The van der Waals surface area contributed by atoms with E-state index in [1.807, 2.05) is 18.2 Å². The van der Waals surface area contributed by atoms with E-state index in [2.05, 4.69) is 70.5 Å². The van der Waals surface area contributed by atoms with E-state index in [4.69, 9.17) is 14.6 Å². The first-order valence-electron chi connectivity index (χ1n) is 12.3. The van der Waals surface area contributed by atoms with Gasteiger partial charge in [0, 0.05) is 50.3 Å². The Bertz CT molecular complexity index is 1070. The zero-order chi connectivity index (χ0) is 24.0. The minimum absolute atomic E-state index is 0. The van der Waals surface area contributed by atoms with E-state index in [1.165, 1.54) is 11.1 Å². The average Bonchev–Trinajstić information content (AvgIpc) is 3.28. The van der Waals surface area contributed by atoms with Gasteiger partial charge in [-0.3, -0.25) is 14.6 Å². The van der Waals surface area contributed by atoms with Crippen molar-refractivity contribution in [3.8, 4) is 11.5 Å². The third kappa shape index (κ3) is 6.07. The van der Waals surface area contributed by atoms with Crippen LogP contribution in [0, 0.1) is 0 Å². The number of benzene rings is 3. The van der Waals surface area contributed by atoms with Crippen LogP contribution < -0.4 is 9.47 Å². The Kier molecular flexibility index (Phi) is 8.62. The molecule has 0 bridgehead atoms. The molecule has 5 rings (SSSR count). The summed E-state index contributed by atoms with van der Waals surface area (Å²) in [5.41, 5.74) is 3.63. The van der Waals surface area contributed by atoms with Gasteiger partial charge >= 0.3 is 5.97 Å². The summed E-state index contributed by atoms with van der Waals surface area (Å²) in [7, 11) is 0. The van der Waals surface area contributed by atoms with Crippen molar-refractivity contribution in [1.82, 2.24) is 9.80 Å². The number of carbonyl (C=O) groups is 1. The van der Waals surface area contributed by atoms with Gasteiger partial charge in [-0.05, 0) is 17.2 Å². The lowest BCUT2D eigenvalue weighted by Gasteiger charge is -2.39. The fourth-order valence-corrected chi connectivity index (χ4v) is 5.15. The maximum Gasteiger partial charge on any atom is 0.304 e. The van der Waals surface area contributed by atoms with Crippen LogP contribution in [0.1, 0.15) is 42.5 Å². The van der Waals surface area contributed by atoms with E-state index >= 15 is 0 Å².